The number of thiophene rings is 1. The first-order chi connectivity index (χ1) is 8.54. The van der Waals surface area contributed by atoms with E-state index in [9.17, 15) is 18.0 Å². The van der Waals surface area contributed by atoms with Crippen LogP contribution in [0.3, 0.4) is 0 Å². The number of hydrogen-bond donors (Lipinski definition) is 3. The summed E-state index contributed by atoms with van der Waals surface area (Å²) in [5, 5.41) is 17.6. The lowest BCUT2D eigenvalue weighted by atomic mass is 9.94. The molecule has 9 heteroatoms. The summed E-state index contributed by atoms with van der Waals surface area (Å²) < 4.78 is 22.0. The molecule has 106 valence electrons. The van der Waals surface area contributed by atoms with E-state index >= 15 is 0 Å². The van der Waals surface area contributed by atoms with Crippen molar-refractivity contribution in [2.75, 3.05) is 6.54 Å². The van der Waals surface area contributed by atoms with Gasteiger partial charge in [0, 0.05) is 11.9 Å². The van der Waals surface area contributed by atoms with Crippen molar-refractivity contribution < 1.29 is 23.1 Å². The Hall–Kier alpha value is -1.45. The average Bonchev–Trinajstić information content (AvgIpc) is 2.74. The molecule has 0 aromatic carbocycles. The second-order valence-electron chi connectivity index (χ2n) is 4.57. The van der Waals surface area contributed by atoms with Crippen LogP contribution in [0.1, 0.15) is 24.2 Å². The number of amides is 1. The summed E-state index contributed by atoms with van der Waals surface area (Å²) in [6, 6.07) is 1.16. The number of hydrogen-bond acceptors (Lipinski definition) is 5. The van der Waals surface area contributed by atoms with Crippen LogP contribution >= 0.6 is 11.3 Å². The maximum Gasteiger partial charge on any atom is 0.310 e. The van der Waals surface area contributed by atoms with E-state index in [2.05, 4.69) is 5.32 Å². The summed E-state index contributed by atoms with van der Waals surface area (Å²) in [7, 11) is -3.83. The van der Waals surface area contributed by atoms with Gasteiger partial charge in [-0.25, -0.2) is 13.6 Å². The number of aliphatic carboxylic acids is 1. The maximum atomic E-state index is 11.7. The first kappa shape index (κ1) is 15.6. The molecule has 0 atom stereocenters. The number of carboxylic acid groups (broad SMARTS) is 1. The average molecular weight is 306 g/mol. The van der Waals surface area contributed by atoms with Gasteiger partial charge in [0.2, 0.25) is 10.0 Å². The number of carboxylic acids is 1. The molecule has 0 saturated heterocycles. The van der Waals surface area contributed by atoms with Crippen molar-refractivity contribution in [2.24, 2.45) is 10.6 Å². The van der Waals surface area contributed by atoms with E-state index in [1.165, 1.54) is 19.2 Å². The van der Waals surface area contributed by atoms with Gasteiger partial charge in [0.15, 0.2) is 0 Å². The van der Waals surface area contributed by atoms with Gasteiger partial charge in [-0.2, -0.15) is 0 Å². The van der Waals surface area contributed by atoms with E-state index in [1.807, 2.05) is 0 Å². The molecule has 0 radical (unpaired) electrons. The Kier molecular flexibility index (Phi) is 4.33. The first-order valence-electron chi connectivity index (χ1n) is 5.17. The molecule has 0 bridgehead atoms. The van der Waals surface area contributed by atoms with Gasteiger partial charge in [-0.3, -0.25) is 9.59 Å². The minimum atomic E-state index is -3.83. The summed E-state index contributed by atoms with van der Waals surface area (Å²) in [6.45, 7) is 2.87. The van der Waals surface area contributed by atoms with Gasteiger partial charge in [-0.15, -0.1) is 11.3 Å². The van der Waals surface area contributed by atoms with Crippen molar-refractivity contribution in [3.63, 3.8) is 0 Å². The van der Waals surface area contributed by atoms with Crippen LogP contribution in [0.2, 0.25) is 0 Å². The topological polar surface area (TPSA) is 127 Å². The Balaban J connectivity index is 2.75. The molecule has 7 nitrogen and oxygen atoms in total. The molecule has 0 unspecified atom stereocenters. The van der Waals surface area contributed by atoms with E-state index in [0.29, 0.717) is 0 Å². The number of carbonyl (C=O) groups excluding carboxylic acids is 1. The van der Waals surface area contributed by atoms with Crippen LogP contribution in [-0.2, 0) is 14.8 Å². The molecule has 4 N–H and O–H groups in total. The van der Waals surface area contributed by atoms with Gasteiger partial charge in [-0.05, 0) is 19.9 Å². The Morgan fingerprint density at radius 3 is 2.47 bits per heavy atom. The smallest absolute Gasteiger partial charge is 0.310 e. The van der Waals surface area contributed by atoms with Crippen molar-refractivity contribution in [1.29, 1.82) is 0 Å². The standard InChI is InChI=1S/C10H14N2O5S2/c1-10(2,9(14)15)5-12-8(13)6-3-7(18-4-6)19(11,16)17/h3-4H,5H2,1-2H3,(H,12,13)(H,14,15)(H2,11,16,17). The van der Waals surface area contributed by atoms with E-state index in [1.54, 1.807) is 0 Å². The van der Waals surface area contributed by atoms with Gasteiger partial charge < -0.3 is 10.4 Å². The quantitative estimate of drug-likeness (QED) is 0.718. The zero-order valence-electron chi connectivity index (χ0n) is 10.3. The summed E-state index contributed by atoms with van der Waals surface area (Å²) in [5.41, 5.74) is -0.968. The number of nitrogens with two attached hydrogens (primary N) is 1. The summed E-state index contributed by atoms with van der Waals surface area (Å²) >= 11 is 0.834. The predicted octanol–water partition coefficient (Wildman–Crippen LogP) is 0.236. The van der Waals surface area contributed by atoms with Crippen LogP contribution in [0, 0.1) is 5.41 Å². The molecule has 0 spiro atoms. The Morgan fingerprint density at radius 2 is 2.05 bits per heavy atom. The van der Waals surface area contributed by atoms with Crippen molar-refractivity contribution in [3.8, 4) is 0 Å². The van der Waals surface area contributed by atoms with Gasteiger partial charge >= 0.3 is 5.97 Å². The highest BCUT2D eigenvalue weighted by Crippen LogP contribution is 2.19. The Labute approximate surface area is 114 Å². The minimum absolute atomic E-state index is 0.0677. The first-order valence-corrected chi connectivity index (χ1v) is 7.59. The fourth-order valence-corrected chi connectivity index (χ4v) is 2.65. The largest absolute Gasteiger partial charge is 0.481 e. The lowest BCUT2D eigenvalue weighted by molar-refractivity contribution is -0.146. The van der Waals surface area contributed by atoms with E-state index in [4.69, 9.17) is 10.2 Å². The molecule has 0 aliphatic carbocycles. The van der Waals surface area contributed by atoms with E-state index < -0.39 is 27.3 Å². The van der Waals surface area contributed by atoms with Crippen molar-refractivity contribution in [3.05, 3.63) is 17.0 Å². The maximum absolute atomic E-state index is 11.7. The van der Waals surface area contributed by atoms with Crippen molar-refractivity contribution in [1.82, 2.24) is 5.32 Å². The zero-order chi connectivity index (χ0) is 14.8. The van der Waals surface area contributed by atoms with Crippen LogP contribution in [-0.4, -0.2) is 31.9 Å². The zero-order valence-corrected chi connectivity index (χ0v) is 12.0. The number of primary sulfonamides is 1. The molecule has 1 rings (SSSR count). The molecule has 0 aliphatic heterocycles. The number of nitrogens with one attached hydrogen (secondary N) is 1. The molecule has 19 heavy (non-hydrogen) atoms. The van der Waals surface area contributed by atoms with Gasteiger partial charge in [0.05, 0.1) is 11.0 Å². The normalized spacial score (nSPS) is 12.2. The number of carbonyl (C=O) groups is 2. The van der Waals surface area contributed by atoms with Gasteiger partial charge in [0.1, 0.15) is 4.21 Å². The third-order valence-electron chi connectivity index (χ3n) is 2.39. The van der Waals surface area contributed by atoms with E-state index in [-0.39, 0.29) is 16.3 Å². The van der Waals surface area contributed by atoms with Crippen LogP contribution in [0.15, 0.2) is 15.7 Å². The molecule has 0 saturated carbocycles. The number of sulfonamides is 1. The lowest BCUT2D eigenvalue weighted by Crippen LogP contribution is -2.38. The number of rotatable bonds is 5. The summed E-state index contributed by atoms with van der Waals surface area (Å²) in [4.78, 5) is 22.6. The van der Waals surface area contributed by atoms with Crippen LogP contribution < -0.4 is 10.5 Å². The Morgan fingerprint density at radius 1 is 1.47 bits per heavy atom. The van der Waals surface area contributed by atoms with Gasteiger partial charge in [-0.1, -0.05) is 0 Å². The highest BCUT2D eigenvalue weighted by Gasteiger charge is 2.28. The minimum Gasteiger partial charge on any atom is -0.481 e. The molecule has 0 aliphatic rings. The molecular formula is C10H14N2O5S2. The van der Waals surface area contributed by atoms with Crippen LogP contribution in [0.5, 0.6) is 0 Å². The van der Waals surface area contributed by atoms with Crippen LogP contribution in [0.25, 0.3) is 0 Å². The summed E-state index contributed by atoms with van der Waals surface area (Å²) in [6.07, 6.45) is 0. The Bertz CT molecular complexity index is 603. The molecule has 1 aromatic rings. The predicted molar refractivity (Wildman–Crippen MR) is 69.4 cm³/mol. The molecule has 1 aromatic heterocycles. The van der Waals surface area contributed by atoms with Crippen LogP contribution in [0.4, 0.5) is 0 Å². The molecular weight excluding hydrogens is 292 g/mol. The highest BCUT2D eigenvalue weighted by molar-refractivity contribution is 7.91. The summed E-state index contributed by atoms with van der Waals surface area (Å²) in [5.74, 6) is -1.58. The molecule has 1 amide bonds. The lowest BCUT2D eigenvalue weighted by Gasteiger charge is -2.19. The third kappa shape index (κ3) is 4.01. The molecule has 1 heterocycles. The second kappa shape index (κ2) is 5.27. The highest BCUT2D eigenvalue weighted by atomic mass is 32.2. The second-order valence-corrected chi connectivity index (χ2v) is 7.27. The molecule has 0 fully saturated rings. The SMILES string of the molecule is CC(C)(CNC(=O)c1csc(S(N)(=O)=O)c1)C(=O)O. The van der Waals surface area contributed by atoms with Crippen molar-refractivity contribution >= 4 is 33.2 Å². The third-order valence-corrected chi connectivity index (χ3v) is 4.77. The fraction of sp³-hybridized carbons (Fsp3) is 0.400. The fourth-order valence-electron chi connectivity index (χ4n) is 1.06. The monoisotopic (exact) mass is 306 g/mol. The van der Waals surface area contributed by atoms with Gasteiger partial charge in [0.25, 0.3) is 5.91 Å². The van der Waals surface area contributed by atoms with Crippen molar-refractivity contribution in [2.45, 2.75) is 18.1 Å². The van der Waals surface area contributed by atoms with E-state index in [0.717, 1.165) is 17.4 Å².